The average molecular weight is 247 g/mol. The Morgan fingerprint density at radius 1 is 1.12 bits per heavy atom. The van der Waals surface area contributed by atoms with Crippen LogP contribution in [0, 0.1) is 5.92 Å². The Bertz CT molecular complexity index is 165. The number of nitrogens with one attached hydrogen (secondary N) is 1. The van der Waals surface area contributed by atoms with Crippen molar-refractivity contribution in [2.24, 2.45) is 5.92 Å². The van der Waals surface area contributed by atoms with E-state index in [1.54, 1.807) is 7.11 Å². The molecule has 4 nitrogen and oxygen atoms in total. The van der Waals surface area contributed by atoms with Gasteiger partial charge in [0.1, 0.15) is 0 Å². The van der Waals surface area contributed by atoms with E-state index in [0.29, 0.717) is 32.4 Å². The number of aliphatic hydroxyl groups excluding tert-OH is 1. The number of hydrogen-bond donors (Lipinski definition) is 2. The zero-order chi connectivity index (χ0) is 13.1. The molecule has 0 heterocycles. The highest BCUT2D eigenvalue weighted by molar-refractivity contribution is 4.65. The van der Waals surface area contributed by atoms with Crippen LogP contribution in [0.3, 0.4) is 0 Å². The highest BCUT2D eigenvalue weighted by Gasteiger charge is 2.07. The van der Waals surface area contributed by atoms with Crippen molar-refractivity contribution in [3.63, 3.8) is 0 Å². The van der Waals surface area contributed by atoms with Gasteiger partial charge in [-0.25, -0.2) is 0 Å². The molecule has 0 fully saturated rings. The Hall–Kier alpha value is -0.160. The molecule has 0 radical (unpaired) electrons. The summed E-state index contributed by atoms with van der Waals surface area (Å²) in [6.07, 6.45) is 1.93. The SMILES string of the molecule is COCCOCC(O)CNC(C)CCC(C)C. The Morgan fingerprint density at radius 2 is 1.82 bits per heavy atom. The molecule has 0 aliphatic heterocycles. The maximum atomic E-state index is 9.65. The van der Waals surface area contributed by atoms with E-state index in [4.69, 9.17) is 9.47 Å². The van der Waals surface area contributed by atoms with Crippen LogP contribution in [0.5, 0.6) is 0 Å². The van der Waals surface area contributed by atoms with Crippen molar-refractivity contribution in [2.45, 2.75) is 45.8 Å². The van der Waals surface area contributed by atoms with Crippen molar-refractivity contribution < 1.29 is 14.6 Å². The van der Waals surface area contributed by atoms with Gasteiger partial charge < -0.3 is 19.9 Å². The highest BCUT2D eigenvalue weighted by Crippen LogP contribution is 2.06. The van der Waals surface area contributed by atoms with E-state index >= 15 is 0 Å². The minimum atomic E-state index is -0.437. The van der Waals surface area contributed by atoms with Gasteiger partial charge in [0.15, 0.2) is 0 Å². The first kappa shape index (κ1) is 16.8. The Labute approximate surface area is 106 Å². The van der Waals surface area contributed by atoms with Crippen LogP contribution in [-0.2, 0) is 9.47 Å². The molecule has 2 N–H and O–H groups in total. The zero-order valence-electron chi connectivity index (χ0n) is 11.7. The smallest absolute Gasteiger partial charge is 0.0897 e. The van der Waals surface area contributed by atoms with Crippen molar-refractivity contribution in [2.75, 3.05) is 33.5 Å². The molecule has 17 heavy (non-hydrogen) atoms. The molecule has 0 bridgehead atoms. The van der Waals surface area contributed by atoms with Crippen molar-refractivity contribution in [1.82, 2.24) is 5.32 Å². The van der Waals surface area contributed by atoms with Gasteiger partial charge in [0.05, 0.1) is 25.9 Å². The van der Waals surface area contributed by atoms with Crippen LogP contribution in [0.25, 0.3) is 0 Å². The van der Waals surface area contributed by atoms with E-state index < -0.39 is 6.10 Å². The fourth-order valence-corrected chi connectivity index (χ4v) is 1.44. The number of methoxy groups -OCH3 is 1. The Balaban J connectivity index is 3.38. The minimum Gasteiger partial charge on any atom is -0.389 e. The van der Waals surface area contributed by atoms with Gasteiger partial charge in [0, 0.05) is 19.7 Å². The monoisotopic (exact) mass is 247 g/mol. The molecule has 0 aromatic heterocycles. The maximum Gasteiger partial charge on any atom is 0.0897 e. The van der Waals surface area contributed by atoms with Crippen LogP contribution in [0.1, 0.15) is 33.6 Å². The molecular weight excluding hydrogens is 218 g/mol. The molecule has 2 unspecified atom stereocenters. The molecule has 104 valence electrons. The van der Waals surface area contributed by atoms with E-state index in [0.717, 1.165) is 12.3 Å². The second kappa shape index (κ2) is 11.0. The molecule has 0 amide bonds. The van der Waals surface area contributed by atoms with Gasteiger partial charge in [-0.3, -0.25) is 0 Å². The third kappa shape index (κ3) is 12.1. The second-order valence-corrected chi connectivity index (χ2v) is 5.00. The zero-order valence-corrected chi connectivity index (χ0v) is 11.7. The van der Waals surface area contributed by atoms with Crippen LogP contribution in [0.2, 0.25) is 0 Å². The van der Waals surface area contributed by atoms with Gasteiger partial charge in [-0.15, -0.1) is 0 Å². The summed E-state index contributed by atoms with van der Waals surface area (Å²) in [4.78, 5) is 0. The molecule has 0 spiro atoms. The summed E-state index contributed by atoms with van der Waals surface area (Å²) in [5.74, 6) is 0.738. The molecule has 0 saturated heterocycles. The number of aliphatic hydroxyl groups is 1. The van der Waals surface area contributed by atoms with Crippen LogP contribution in [-0.4, -0.2) is 50.7 Å². The lowest BCUT2D eigenvalue weighted by atomic mass is 10.0. The highest BCUT2D eigenvalue weighted by atomic mass is 16.5. The van der Waals surface area contributed by atoms with Crippen LogP contribution < -0.4 is 5.32 Å². The number of rotatable bonds is 11. The first-order chi connectivity index (χ1) is 8.06. The average Bonchev–Trinajstić information content (AvgIpc) is 2.29. The predicted molar refractivity (Wildman–Crippen MR) is 70.2 cm³/mol. The topological polar surface area (TPSA) is 50.7 Å². The molecule has 0 aromatic carbocycles. The summed E-state index contributed by atoms with van der Waals surface area (Å²) in [5.41, 5.74) is 0. The van der Waals surface area contributed by atoms with E-state index in [9.17, 15) is 5.11 Å². The summed E-state index contributed by atoms with van der Waals surface area (Å²) in [7, 11) is 1.64. The lowest BCUT2D eigenvalue weighted by Crippen LogP contribution is -2.36. The summed E-state index contributed by atoms with van der Waals surface area (Å²) < 4.78 is 10.1. The fourth-order valence-electron chi connectivity index (χ4n) is 1.44. The van der Waals surface area contributed by atoms with Crippen molar-refractivity contribution in [1.29, 1.82) is 0 Å². The quantitative estimate of drug-likeness (QED) is 0.542. The first-order valence-electron chi connectivity index (χ1n) is 6.54. The van der Waals surface area contributed by atoms with Crippen molar-refractivity contribution >= 4 is 0 Å². The first-order valence-corrected chi connectivity index (χ1v) is 6.54. The largest absolute Gasteiger partial charge is 0.389 e. The third-order valence-electron chi connectivity index (χ3n) is 2.62. The van der Waals surface area contributed by atoms with E-state index in [-0.39, 0.29) is 0 Å². The van der Waals surface area contributed by atoms with Gasteiger partial charge >= 0.3 is 0 Å². The summed E-state index contributed by atoms with van der Waals surface area (Å²) in [5, 5.41) is 13.0. The van der Waals surface area contributed by atoms with Gasteiger partial charge in [0.25, 0.3) is 0 Å². The van der Waals surface area contributed by atoms with Crippen molar-refractivity contribution in [3.05, 3.63) is 0 Å². The summed E-state index contributed by atoms with van der Waals surface area (Å²) >= 11 is 0. The Kier molecular flexibility index (Phi) is 10.9. The molecule has 0 aromatic rings. The molecule has 0 saturated carbocycles. The number of ether oxygens (including phenoxy) is 2. The fraction of sp³-hybridized carbons (Fsp3) is 1.00. The molecule has 0 rings (SSSR count). The number of hydrogen-bond acceptors (Lipinski definition) is 4. The van der Waals surface area contributed by atoms with Gasteiger partial charge in [0.2, 0.25) is 0 Å². The lowest BCUT2D eigenvalue weighted by molar-refractivity contribution is 0.0129. The summed E-state index contributed by atoms with van der Waals surface area (Å²) in [6.45, 7) is 8.68. The van der Waals surface area contributed by atoms with Gasteiger partial charge in [-0.2, -0.15) is 0 Å². The molecule has 0 aliphatic carbocycles. The normalized spacial score (nSPS) is 15.2. The minimum absolute atomic E-state index is 0.368. The summed E-state index contributed by atoms with van der Waals surface area (Å²) in [6, 6.07) is 0.450. The van der Waals surface area contributed by atoms with Crippen molar-refractivity contribution in [3.8, 4) is 0 Å². The lowest BCUT2D eigenvalue weighted by Gasteiger charge is -2.18. The molecule has 4 heteroatoms. The predicted octanol–water partition coefficient (Wildman–Crippen LogP) is 1.42. The van der Waals surface area contributed by atoms with E-state index in [1.165, 1.54) is 6.42 Å². The second-order valence-electron chi connectivity index (χ2n) is 5.00. The van der Waals surface area contributed by atoms with Crippen LogP contribution in [0.15, 0.2) is 0 Å². The van der Waals surface area contributed by atoms with Gasteiger partial charge in [-0.1, -0.05) is 13.8 Å². The van der Waals surface area contributed by atoms with Gasteiger partial charge in [-0.05, 0) is 25.7 Å². The molecule has 0 aliphatic rings. The van der Waals surface area contributed by atoms with Crippen LogP contribution in [0.4, 0.5) is 0 Å². The molecular formula is C13H29NO3. The third-order valence-corrected chi connectivity index (χ3v) is 2.62. The molecule has 2 atom stereocenters. The maximum absolute atomic E-state index is 9.65. The van der Waals surface area contributed by atoms with E-state index in [1.807, 2.05) is 0 Å². The van der Waals surface area contributed by atoms with E-state index in [2.05, 4.69) is 26.1 Å². The standard InChI is InChI=1S/C13H29NO3/c1-11(2)5-6-12(3)14-9-13(15)10-17-8-7-16-4/h11-15H,5-10H2,1-4H3. The van der Waals surface area contributed by atoms with Crippen LogP contribution >= 0.6 is 0 Å². The Morgan fingerprint density at radius 3 is 2.41 bits per heavy atom.